The van der Waals surface area contributed by atoms with Crippen LogP contribution in [0.5, 0.6) is 0 Å². The van der Waals surface area contributed by atoms with E-state index in [1.54, 1.807) is 12.1 Å². The minimum Gasteiger partial charge on any atom is -0.356 e. The molecule has 0 saturated heterocycles. The van der Waals surface area contributed by atoms with Gasteiger partial charge < -0.3 is 4.52 Å². The summed E-state index contributed by atoms with van der Waals surface area (Å²) < 4.78 is 18.4. The molecule has 0 fully saturated rings. The Morgan fingerprint density at radius 2 is 2.00 bits per heavy atom. The van der Waals surface area contributed by atoms with Crippen molar-refractivity contribution in [2.24, 2.45) is 0 Å². The summed E-state index contributed by atoms with van der Waals surface area (Å²) in [5.74, 6) is 2.20. The van der Waals surface area contributed by atoms with Crippen LogP contribution in [0.2, 0.25) is 0 Å². The number of hydrogen-bond acceptors (Lipinski definition) is 5. The van der Waals surface area contributed by atoms with Crippen molar-refractivity contribution in [2.45, 2.75) is 37.6 Å². The van der Waals surface area contributed by atoms with Crippen molar-refractivity contribution in [2.75, 3.05) is 0 Å². The van der Waals surface area contributed by atoms with Gasteiger partial charge in [-0.15, -0.1) is 5.10 Å². The summed E-state index contributed by atoms with van der Waals surface area (Å²) in [6.07, 6.45) is 0. The molecule has 0 aliphatic rings. The van der Waals surface area contributed by atoms with Gasteiger partial charge in [-0.1, -0.05) is 30.8 Å². The van der Waals surface area contributed by atoms with E-state index in [4.69, 9.17) is 4.52 Å². The summed E-state index contributed by atoms with van der Waals surface area (Å²) >= 11 is 1.50. The summed E-state index contributed by atoms with van der Waals surface area (Å²) in [4.78, 5) is 4.43. The maximum Gasteiger partial charge on any atom is 0.208 e. The first-order valence-corrected chi connectivity index (χ1v) is 8.29. The van der Waals surface area contributed by atoms with Gasteiger partial charge in [-0.3, -0.25) is 5.10 Å². The summed E-state index contributed by atoms with van der Waals surface area (Å²) in [6.45, 7) is 6.07. The van der Waals surface area contributed by atoms with Gasteiger partial charge in [0.15, 0.2) is 5.76 Å². The molecular formula is C16H17FN4OS. The van der Waals surface area contributed by atoms with Crippen molar-refractivity contribution in [3.63, 3.8) is 0 Å². The molecule has 1 N–H and O–H groups in total. The van der Waals surface area contributed by atoms with Crippen molar-refractivity contribution in [3.8, 4) is 11.3 Å². The van der Waals surface area contributed by atoms with Crippen LogP contribution < -0.4 is 0 Å². The van der Waals surface area contributed by atoms with Gasteiger partial charge in [-0.2, -0.15) is 0 Å². The van der Waals surface area contributed by atoms with Crippen LogP contribution in [0.1, 0.15) is 36.8 Å². The molecule has 0 aliphatic carbocycles. The predicted molar refractivity (Wildman–Crippen MR) is 86.7 cm³/mol. The number of H-pyrrole nitrogens is 1. The topological polar surface area (TPSA) is 67.6 Å². The van der Waals surface area contributed by atoms with Gasteiger partial charge in [0.25, 0.3) is 0 Å². The smallest absolute Gasteiger partial charge is 0.208 e. The Kier molecular flexibility index (Phi) is 4.47. The Hall–Kier alpha value is -2.15. The van der Waals surface area contributed by atoms with E-state index in [1.165, 1.54) is 23.9 Å². The molecule has 0 atom stereocenters. The Bertz CT molecular complexity index is 795. The molecule has 0 aliphatic heterocycles. The maximum absolute atomic E-state index is 13.0. The summed E-state index contributed by atoms with van der Waals surface area (Å²) in [6, 6.07) is 6.19. The van der Waals surface area contributed by atoms with Gasteiger partial charge in [0.05, 0.1) is 5.69 Å². The zero-order valence-electron chi connectivity index (χ0n) is 13.1. The molecule has 0 amide bonds. The SMILES string of the molecule is Cc1c(CSc2n[nH]c(C(C)C)n2)noc1-c1ccc(F)cc1. The zero-order chi connectivity index (χ0) is 16.4. The third kappa shape index (κ3) is 3.44. The number of nitrogens with zero attached hydrogens (tertiary/aromatic N) is 3. The molecule has 0 bridgehead atoms. The van der Waals surface area contributed by atoms with Crippen LogP contribution in [0.4, 0.5) is 4.39 Å². The van der Waals surface area contributed by atoms with Gasteiger partial charge in [-0.25, -0.2) is 9.37 Å². The fourth-order valence-electron chi connectivity index (χ4n) is 2.09. The third-order valence-corrected chi connectivity index (χ3v) is 4.35. The van der Waals surface area contributed by atoms with Crippen LogP contribution in [0.3, 0.4) is 0 Å². The maximum atomic E-state index is 13.0. The Morgan fingerprint density at radius 1 is 1.26 bits per heavy atom. The molecule has 3 aromatic rings. The zero-order valence-corrected chi connectivity index (χ0v) is 13.9. The Balaban J connectivity index is 1.72. The highest BCUT2D eigenvalue weighted by Gasteiger charge is 2.15. The second-order valence-electron chi connectivity index (χ2n) is 5.54. The summed E-state index contributed by atoms with van der Waals surface area (Å²) in [5.41, 5.74) is 2.60. The quantitative estimate of drug-likeness (QED) is 0.705. The average Bonchev–Trinajstić information content (AvgIpc) is 3.13. The lowest BCUT2D eigenvalue weighted by Gasteiger charge is -1.98. The number of benzene rings is 1. The molecule has 0 saturated carbocycles. The summed E-state index contributed by atoms with van der Waals surface area (Å²) in [5, 5.41) is 11.9. The van der Waals surface area contributed by atoms with Gasteiger partial charge in [0.2, 0.25) is 5.16 Å². The van der Waals surface area contributed by atoms with Crippen molar-refractivity contribution in [1.82, 2.24) is 20.3 Å². The lowest BCUT2D eigenvalue weighted by Crippen LogP contribution is -1.89. The molecule has 5 nitrogen and oxygen atoms in total. The van der Waals surface area contributed by atoms with Crippen LogP contribution in [-0.2, 0) is 5.75 Å². The minimum atomic E-state index is -0.271. The van der Waals surface area contributed by atoms with E-state index in [0.717, 1.165) is 22.6 Å². The third-order valence-electron chi connectivity index (χ3n) is 3.49. The second-order valence-corrected chi connectivity index (χ2v) is 6.48. The molecule has 2 aromatic heterocycles. The summed E-state index contributed by atoms with van der Waals surface area (Å²) in [7, 11) is 0. The highest BCUT2D eigenvalue weighted by atomic mass is 32.2. The van der Waals surface area contributed by atoms with E-state index in [2.05, 4.69) is 34.2 Å². The monoisotopic (exact) mass is 332 g/mol. The molecular weight excluding hydrogens is 315 g/mol. The van der Waals surface area contributed by atoms with Crippen molar-refractivity contribution >= 4 is 11.8 Å². The molecule has 3 rings (SSSR count). The van der Waals surface area contributed by atoms with Crippen LogP contribution in [0, 0.1) is 12.7 Å². The molecule has 0 radical (unpaired) electrons. The van der Waals surface area contributed by atoms with E-state index in [9.17, 15) is 4.39 Å². The molecule has 7 heteroatoms. The van der Waals surface area contributed by atoms with Crippen LogP contribution in [-0.4, -0.2) is 20.3 Å². The molecule has 0 unspecified atom stereocenters. The lowest BCUT2D eigenvalue weighted by molar-refractivity contribution is 0.426. The first-order chi connectivity index (χ1) is 11.0. The number of hydrogen-bond donors (Lipinski definition) is 1. The normalized spacial score (nSPS) is 11.3. The lowest BCUT2D eigenvalue weighted by atomic mass is 10.1. The van der Waals surface area contributed by atoms with E-state index < -0.39 is 0 Å². The predicted octanol–water partition coefficient (Wildman–Crippen LogP) is 4.32. The molecule has 0 spiro atoms. The number of rotatable bonds is 5. The number of aromatic amines is 1. The standard InChI is InChI=1S/C16H17FN4OS/c1-9(2)15-18-16(20-19-15)23-8-13-10(3)14(22-21-13)11-4-6-12(17)7-5-11/h4-7,9H,8H2,1-3H3,(H,18,19,20). The van der Waals surface area contributed by atoms with Crippen LogP contribution in [0.25, 0.3) is 11.3 Å². The van der Waals surface area contributed by atoms with E-state index in [1.807, 2.05) is 6.92 Å². The van der Waals surface area contributed by atoms with E-state index >= 15 is 0 Å². The Morgan fingerprint density at radius 3 is 2.65 bits per heavy atom. The number of halogens is 1. The molecule has 1 aromatic carbocycles. The largest absolute Gasteiger partial charge is 0.356 e. The highest BCUT2D eigenvalue weighted by Crippen LogP contribution is 2.29. The first-order valence-electron chi connectivity index (χ1n) is 7.30. The number of aromatic nitrogens is 4. The van der Waals surface area contributed by atoms with Crippen molar-refractivity contribution in [3.05, 3.63) is 47.2 Å². The van der Waals surface area contributed by atoms with E-state index in [0.29, 0.717) is 22.6 Å². The second kappa shape index (κ2) is 6.54. The minimum absolute atomic E-state index is 0.271. The Labute approximate surface area is 137 Å². The number of thioether (sulfide) groups is 1. The highest BCUT2D eigenvalue weighted by molar-refractivity contribution is 7.98. The number of nitrogens with one attached hydrogen (secondary N) is 1. The molecule has 2 heterocycles. The first kappa shape index (κ1) is 15.7. The molecule has 23 heavy (non-hydrogen) atoms. The van der Waals surface area contributed by atoms with Gasteiger partial charge in [-0.05, 0) is 31.2 Å². The van der Waals surface area contributed by atoms with Gasteiger partial charge in [0.1, 0.15) is 11.6 Å². The van der Waals surface area contributed by atoms with Crippen LogP contribution in [0.15, 0.2) is 33.9 Å². The molecule has 120 valence electrons. The fraction of sp³-hybridized carbons (Fsp3) is 0.312. The van der Waals surface area contributed by atoms with Gasteiger partial charge in [0, 0.05) is 22.8 Å². The van der Waals surface area contributed by atoms with Crippen LogP contribution >= 0.6 is 11.8 Å². The average molecular weight is 332 g/mol. The van der Waals surface area contributed by atoms with Crippen molar-refractivity contribution in [1.29, 1.82) is 0 Å². The van der Waals surface area contributed by atoms with E-state index in [-0.39, 0.29) is 5.82 Å². The van der Waals surface area contributed by atoms with Gasteiger partial charge >= 0.3 is 0 Å². The van der Waals surface area contributed by atoms with Crippen molar-refractivity contribution < 1.29 is 8.91 Å². The fourth-order valence-corrected chi connectivity index (χ4v) is 2.90.